The van der Waals surface area contributed by atoms with Crippen molar-refractivity contribution >= 4 is 11.9 Å². The maximum atomic E-state index is 12.1. The van der Waals surface area contributed by atoms with Gasteiger partial charge in [-0.15, -0.1) is 0 Å². The number of imidazole rings is 1. The quantitative estimate of drug-likeness (QED) is 0.828. The lowest BCUT2D eigenvalue weighted by Crippen LogP contribution is -2.27. The molecule has 0 aromatic carbocycles. The van der Waals surface area contributed by atoms with Crippen LogP contribution in [0, 0.1) is 13.8 Å². The summed E-state index contributed by atoms with van der Waals surface area (Å²) >= 11 is 0. The summed E-state index contributed by atoms with van der Waals surface area (Å²) in [6.45, 7) is 4.45. The number of hydrogen-bond acceptors (Lipinski definition) is 4. The van der Waals surface area contributed by atoms with Crippen LogP contribution < -0.4 is 5.32 Å². The molecule has 0 fully saturated rings. The Morgan fingerprint density at radius 3 is 2.62 bits per heavy atom. The Morgan fingerprint density at radius 1 is 1.38 bits per heavy atom. The highest BCUT2D eigenvalue weighted by molar-refractivity contribution is 5.96. The van der Waals surface area contributed by atoms with Crippen LogP contribution in [-0.2, 0) is 13.6 Å². The molecule has 0 unspecified atom stereocenters. The van der Waals surface area contributed by atoms with Crippen LogP contribution in [-0.4, -0.2) is 42.9 Å². The number of amides is 1. The van der Waals surface area contributed by atoms with Crippen LogP contribution in [0.25, 0.3) is 0 Å². The first kappa shape index (κ1) is 14.8. The summed E-state index contributed by atoms with van der Waals surface area (Å²) in [7, 11) is 1.79. The van der Waals surface area contributed by atoms with Crippen molar-refractivity contribution in [1.82, 2.24) is 24.6 Å². The first-order valence-electron chi connectivity index (χ1n) is 6.43. The summed E-state index contributed by atoms with van der Waals surface area (Å²) in [5.74, 6) is -1.25. The largest absolute Gasteiger partial charge is 0.476 e. The Morgan fingerprint density at radius 2 is 2.10 bits per heavy atom. The van der Waals surface area contributed by atoms with E-state index in [4.69, 9.17) is 5.11 Å². The third kappa shape index (κ3) is 3.10. The molecule has 112 valence electrons. The SMILES string of the molecule is Cc1nn(C)c(C)c1C(=O)NCCn1cnc(C(=O)O)c1. The predicted molar refractivity (Wildman–Crippen MR) is 74.2 cm³/mol. The first-order valence-corrected chi connectivity index (χ1v) is 6.43. The Labute approximate surface area is 121 Å². The number of carbonyl (C=O) groups is 2. The van der Waals surface area contributed by atoms with Crippen LogP contribution in [0.4, 0.5) is 0 Å². The number of carboxylic acid groups (broad SMARTS) is 1. The van der Waals surface area contributed by atoms with Gasteiger partial charge in [0.25, 0.3) is 5.91 Å². The molecular weight excluding hydrogens is 274 g/mol. The molecule has 2 heterocycles. The second-order valence-corrected chi connectivity index (χ2v) is 4.73. The van der Waals surface area contributed by atoms with E-state index >= 15 is 0 Å². The van der Waals surface area contributed by atoms with Crippen molar-refractivity contribution in [3.8, 4) is 0 Å². The number of carbonyl (C=O) groups excluding carboxylic acids is 1. The highest BCUT2D eigenvalue weighted by Gasteiger charge is 2.16. The molecule has 0 aliphatic heterocycles. The number of nitrogens with zero attached hydrogens (tertiary/aromatic N) is 4. The maximum Gasteiger partial charge on any atom is 0.356 e. The average molecular weight is 291 g/mol. The molecule has 0 spiro atoms. The average Bonchev–Trinajstić information content (AvgIpc) is 2.96. The molecule has 0 saturated heterocycles. The van der Waals surface area contributed by atoms with Gasteiger partial charge < -0.3 is 15.0 Å². The fraction of sp³-hybridized carbons (Fsp3) is 0.385. The minimum Gasteiger partial charge on any atom is -0.476 e. The lowest BCUT2D eigenvalue weighted by atomic mass is 10.2. The zero-order chi connectivity index (χ0) is 15.6. The Balaban J connectivity index is 1.93. The van der Waals surface area contributed by atoms with E-state index in [0.29, 0.717) is 24.3 Å². The second-order valence-electron chi connectivity index (χ2n) is 4.73. The van der Waals surface area contributed by atoms with Gasteiger partial charge in [-0.2, -0.15) is 5.10 Å². The molecule has 2 N–H and O–H groups in total. The number of nitrogens with one attached hydrogen (secondary N) is 1. The smallest absolute Gasteiger partial charge is 0.356 e. The molecule has 2 aromatic heterocycles. The zero-order valence-corrected chi connectivity index (χ0v) is 12.1. The van der Waals surface area contributed by atoms with Crippen LogP contribution in [0.5, 0.6) is 0 Å². The molecule has 0 aliphatic carbocycles. The lowest BCUT2D eigenvalue weighted by molar-refractivity contribution is 0.0690. The fourth-order valence-electron chi connectivity index (χ4n) is 2.08. The minimum atomic E-state index is -1.07. The Hall–Kier alpha value is -2.64. The number of aryl methyl sites for hydroxylation is 2. The summed E-state index contributed by atoms with van der Waals surface area (Å²) in [5, 5.41) is 15.8. The highest BCUT2D eigenvalue weighted by atomic mass is 16.4. The van der Waals surface area contributed by atoms with Crippen LogP contribution >= 0.6 is 0 Å². The van der Waals surface area contributed by atoms with Crippen LogP contribution in [0.3, 0.4) is 0 Å². The van der Waals surface area contributed by atoms with E-state index in [9.17, 15) is 9.59 Å². The van der Waals surface area contributed by atoms with Gasteiger partial charge in [-0.25, -0.2) is 9.78 Å². The van der Waals surface area contributed by atoms with Gasteiger partial charge in [0.05, 0.1) is 17.6 Å². The summed E-state index contributed by atoms with van der Waals surface area (Å²) in [6, 6.07) is 0. The molecule has 8 heteroatoms. The summed E-state index contributed by atoms with van der Waals surface area (Å²) in [6.07, 6.45) is 2.85. The normalized spacial score (nSPS) is 10.6. The maximum absolute atomic E-state index is 12.1. The van der Waals surface area contributed by atoms with Gasteiger partial charge in [-0.05, 0) is 13.8 Å². The molecule has 1 amide bonds. The molecule has 21 heavy (non-hydrogen) atoms. The van der Waals surface area contributed by atoms with Crippen LogP contribution in [0.1, 0.15) is 32.2 Å². The number of hydrogen-bond donors (Lipinski definition) is 2. The third-order valence-corrected chi connectivity index (χ3v) is 3.24. The molecule has 0 atom stereocenters. The topological polar surface area (TPSA) is 102 Å². The molecule has 0 radical (unpaired) electrons. The number of rotatable bonds is 5. The van der Waals surface area contributed by atoms with Gasteiger partial charge in [0.2, 0.25) is 0 Å². The van der Waals surface area contributed by atoms with Crippen molar-refractivity contribution in [2.75, 3.05) is 6.54 Å². The molecule has 0 aliphatic rings. The van der Waals surface area contributed by atoms with Crippen molar-refractivity contribution < 1.29 is 14.7 Å². The van der Waals surface area contributed by atoms with Gasteiger partial charge in [0.1, 0.15) is 0 Å². The van der Waals surface area contributed by atoms with Crippen molar-refractivity contribution in [2.45, 2.75) is 20.4 Å². The molecule has 8 nitrogen and oxygen atoms in total. The third-order valence-electron chi connectivity index (χ3n) is 3.24. The summed E-state index contributed by atoms with van der Waals surface area (Å²) in [4.78, 5) is 26.6. The molecular formula is C13H17N5O3. The number of aromatic carboxylic acids is 1. The Bertz CT molecular complexity index is 686. The zero-order valence-electron chi connectivity index (χ0n) is 12.1. The van der Waals surface area contributed by atoms with E-state index in [0.717, 1.165) is 5.69 Å². The molecule has 2 rings (SSSR count). The Kier molecular flexibility index (Phi) is 4.06. The monoisotopic (exact) mass is 291 g/mol. The van der Waals surface area contributed by atoms with Crippen LogP contribution in [0.15, 0.2) is 12.5 Å². The van der Waals surface area contributed by atoms with Crippen molar-refractivity contribution in [2.24, 2.45) is 7.05 Å². The molecule has 2 aromatic rings. The van der Waals surface area contributed by atoms with E-state index in [1.165, 1.54) is 12.5 Å². The summed E-state index contributed by atoms with van der Waals surface area (Å²) in [5.41, 5.74) is 2.05. The molecule has 0 bridgehead atoms. The van der Waals surface area contributed by atoms with Crippen LogP contribution in [0.2, 0.25) is 0 Å². The first-order chi connectivity index (χ1) is 9.90. The van der Waals surface area contributed by atoms with Crippen molar-refractivity contribution in [3.05, 3.63) is 35.2 Å². The summed E-state index contributed by atoms with van der Waals surface area (Å²) < 4.78 is 3.28. The van der Waals surface area contributed by atoms with Gasteiger partial charge in [-0.1, -0.05) is 0 Å². The van der Waals surface area contributed by atoms with E-state index < -0.39 is 5.97 Å². The number of carboxylic acids is 1. The molecule has 0 saturated carbocycles. The second kappa shape index (κ2) is 5.78. The van der Waals surface area contributed by atoms with Crippen molar-refractivity contribution in [1.29, 1.82) is 0 Å². The van der Waals surface area contributed by atoms with Gasteiger partial charge in [-0.3, -0.25) is 9.48 Å². The lowest BCUT2D eigenvalue weighted by Gasteiger charge is -2.06. The van der Waals surface area contributed by atoms with Gasteiger partial charge >= 0.3 is 5.97 Å². The predicted octanol–water partition coefficient (Wildman–Crippen LogP) is 0.362. The van der Waals surface area contributed by atoms with Gasteiger partial charge in [0, 0.05) is 32.0 Å². The van der Waals surface area contributed by atoms with Crippen molar-refractivity contribution in [3.63, 3.8) is 0 Å². The standard InChI is InChI=1S/C13H17N5O3/c1-8-11(9(2)17(3)16-8)12(19)14-4-5-18-6-10(13(20)21)15-7-18/h6-7H,4-5H2,1-3H3,(H,14,19)(H,20,21). The number of aromatic nitrogens is 4. The van der Waals surface area contributed by atoms with E-state index in [2.05, 4.69) is 15.4 Å². The van der Waals surface area contributed by atoms with E-state index in [1.54, 1.807) is 23.2 Å². The highest BCUT2D eigenvalue weighted by Crippen LogP contribution is 2.11. The van der Waals surface area contributed by atoms with Gasteiger partial charge in [0.15, 0.2) is 5.69 Å². The fourth-order valence-corrected chi connectivity index (χ4v) is 2.08. The van der Waals surface area contributed by atoms with E-state index in [-0.39, 0.29) is 11.6 Å². The van der Waals surface area contributed by atoms with E-state index in [1.807, 2.05) is 6.92 Å². The minimum absolute atomic E-state index is 0.0136.